The number of nitrogens with zero attached hydrogens (tertiary/aromatic N) is 2. The highest BCUT2D eigenvalue weighted by Gasteiger charge is 2.38. The Morgan fingerprint density at radius 2 is 2.03 bits per heavy atom. The van der Waals surface area contributed by atoms with E-state index in [-0.39, 0.29) is 12.6 Å². The molecule has 2 atom stereocenters. The zero-order valence-corrected chi connectivity index (χ0v) is 17.2. The van der Waals surface area contributed by atoms with Gasteiger partial charge in [0.1, 0.15) is 17.5 Å². The summed E-state index contributed by atoms with van der Waals surface area (Å²) in [7, 11) is 1.59. The Kier molecular flexibility index (Phi) is 6.16. The number of fused-ring (bicyclic) bond motifs is 1. The number of hydroxylamine groups is 2. The van der Waals surface area contributed by atoms with Crippen molar-refractivity contribution in [2.75, 3.05) is 32.1 Å². The number of rotatable bonds is 3. The second kappa shape index (κ2) is 8.44. The number of urea groups is 1. The Labute approximate surface area is 169 Å². The van der Waals surface area contributed by atoms with Gasteiger partial charge in [0, 0.05) is 18.8 Å². The third kappa shape index (κ3) is 5.29. The van der Waals surface area contributed by atoms with Crippen molar-refractivity contribution in [3.8, 4) is 5.75 Å². The number of amides is 2. The normalized spacial score (nSPS) is 22.9. The molecule has 2 amide bonds. The minimum Gasteiger partial charge on any atom is -0.497 e. The van der Waals surface area contributed by atoms with Crippen LogP contribution in [0.5, 0.6) is 5.75 Å². The molecule has 2 heterocycles. The van der Waals surface area contributed by atoms with Crippen molar-refractivity contribution < 1.29 is 28.3 Å². The summed E-state index contributed by atoms with van der Waals surface area (Å²) < 4.78 is 25.2. The fourth-order valence-electron chi connectivity index (χ4n) is 3.54. The Bertz CT molecular complexity index is 767. The molecule has 2 unspecified atom stereocenters. The Morgan fingerprint density at radius 3 is 2.69 bits per heavy atom. The maximum atomic E-state index is 14.9. The van der Waals surface area contributed by atoms with Crippen LogP contribution >= 0.6 is 0 Å². The topological polar surface area (TPSA) is 80.3 Å². The van der Waals surface area contributed by atoms with Crippen LogP contribution in [0.3, 0.4) is 0 Å². The molecule has 1 aromatic carbocycles. The molecule has 3 rings (SSSR count). The number of piperidine rings is 1. The van der Waals surface area contributed by atoms with E-state index < -0.39 is 24.0 Å². The summed E-state index contributed by atoms with van der Waals surface area (Å²) in [6.45, 7) is 5.77. The summed E-state index contributed by atoms with van der Waals surface area (Å²) in [4.78, 5) is 31.1. The van der Waals surface area contributed by atoms with Crippen LogP contribution in [0, 0.1) is 0 Å². The Hall–Kier alpha value is -2.55. The molecule has 1 saturated heterocycles. The van der Waals surface area contributed by atoms with Crippen LogP contribution in [0.2, 0.25) is 0 Å². The van der Waals surface area contributed by atoms with Crippen LogP contribution in [0.1, 0.15) is 32.8 Å². The predicted molar refractivity (Wildman–Crippen MR) is 105 cm³/mol. The first-order chi connectivity index (χ1) is 13.7. The zero-order valence-electron chi connectivity index (χ0n) is 17.2. The van der Waals surface area contributed by atoms with Crippen molar-refractivity contribution in [3.63, 3.8) is 0 Å². The van der Waals surface area contributed by atoms with E-state index in [1.54, 1.807) is 40.0 Å². The van der Waals surface area contributed by atoms with Gasteiger partial charge in [-0.2, -0.15) is 0 Å². The van der Waals surface area contributed by atoms with Crippen LogP contribution < -0.4 is 10.1 Å². The molecule has 0 aromatic heterocycles. The molecule has 2 aliphatic heterocycles. The van der Waals surface area contributed by atoms with Crippen LogP contribution in [0.25, 0.3) is 0 Å². The molecule has 1 aromatic rings. The molecule has 1 fully saturated rings. The molecule has 8 nitrogen and oxygen atoms in total. The van der Waals surface area contributed by atoms with Crippen LogP contribution in [0.15, 0.2) is 18.2 Å². The number of carbonyl (C=O) groups excluding carboxylic acids is 2. The quantitative estimate of drug-likeness (QED) is 0.771. The average molecular weight is 409 g/mol. The Morgan fingerprint density at radius 1 is 1.28 bits per heavy atom. The van der Waals surface area contributed by atoms with Gasteiger partial charge in [0.2, 0.25) is 0 Å². The monoisotopic (exact) mass is 409 g/mol. The first-order valence-corrected chi connectivity index (χ1v) is 9.71. The minimum atomic E-state index is -1.35. The third-order valence-corrected chi connectivity index (χ3v) is 4.90. The van der Waals surface area contributed by atoms with Gasteiger partial charge in [0.25, 0.3) is 0 Å². The second-order valence-corrected chi connectivity index (χ2v) is 8.21. The lowest BCUT2D eigenvalue weighted by atomic mass is 10.0. The van der Waals surface area contributed by atoms with Gasteiger partial charge in [-0.15, -0.1) is 5.06 Å². The van der Waals surface area contributed by atoms with Crippen LogP contribution in [0.4, 0.5) is 19.7 Å². The highest BCUT2D eigenvalue weighted by atomic mass is 19.1. The summed E-state index contributed by atoms with van der Waals surface area (Å²) in [5.74, 6) is 0.711. The molecule has 2 aliphatic rings. The van der Waals surface area contributed by atoms with E-state index in [0.717, 1.165) is 5.56 Å². The van der Waals surface area contributed by atoms with Gasteiger partial charge in [-0.25, -0.2) is 14.0 Å². The highest BCUT2D eigenvalue weighted by Crippen LogP contribution is 2.28. The van der Waals surface area contributed by atoms with Crippen LogP contribution in [-0.2, 0) is 16.0 Å². The van der Waals surface area contributed by atoms with Crippen molar-refractivity contribution in [2.24, 2.45) is 0 Å². The summed E-state index contributed by atoms with van der Waals surface area (Å²) >= 11 is 0. The van der Waals surface area contributed by atoms with E-state index in [1.807, 2.05) is 6.07 Å². The number of ether oxygens (including phenoxy) is 2. The number of carbonyl (C=O) groups is 2. The number of hydrogen-bond donors (Lipinski definition) is 1. The standard InChI is InChI=1S/C20H28FN3O5/c1-20(2,3)28-19(26)29-23-9-8-17(15(21)12-23)24-10-7-13-11-14(27-4)5-6-16(13)22-18(24)25/h5-6,11,15,17H,7-10,12H2,1-4H3,(H,22,25). The second-order valence-electron chi connectivity index (χ2n) is 8.21. The molecule has 1 N–H and O–H groups in total. The number of hydrogen-bond acceptors (Lipinski definition) is 6. The van der Waals surface area contributed by atoms with Crippen molar-refractivity contribution >= 4 is 17.9 Å². The molecule has 0 bridgehead atoms. The van der Waals surface area contributed by atoms with Gasteiger partial charge in [-0.3, -0.25) is 0 Å². The van der Waals surface area contributed by atoms with E-state index in [9.17, 15) is 14.0 Å². The number of anilines is 1. The minimum absolute atomic E-state index is 0.117. The number of methoxy groups -OCH3 is 1. The lowest BCUT2D eigenvalue weighted by molar-refractivity contribution is -0.168. The molecule has 0 spiro atoms. The van der Waals surface area contributed by atoms with Crippen molar-refractivity contribution in [1.29, 1.82) is 0 Å². The summed E-state index contributed by atoms with van der Waals surface area (Å²) in [5, 5.41) is 4.11. The fraction of sp³-hybridized carbons (Fsp3) is 0.600. The molecule has 160 valence electrons. The summed E-state index contributed by atoms with van der Waals surface area (Å²) in [6.07, 6.45) is -1.28. The van der Waals surface area contributed by atoms with Crippen LogP contribution in [-0.4, -0.2) is 66.7 Å². The molecule has 9 heteroatoms. The smallest absolute Gasteiger partial charge is 0.497 e. The molecule has 0 radical (unpaired) electrons. The molecular weight excluding hydrogens is 381 g/mol. The first kappa shape index (κ1) is 21.2. The van der Waals surface area contributed by atoms with E-state index in [1.165, 1.54) is 9.96 Å². The van der Waals surface area contributed by atoms with Gasteiger partial charge in [-0.05, 0) is 57.4 Å². The molecule has 29 heavy (non-hydrogen) atoms. The van der Waals surface area contributed by atoms with E-state index in [0.29, 0.717) is 37.4 Å². The first-order valence-electron chi connectivity index (χ1n) is 9.71. The van der Waals surface area contributed by atoms with Gasteiger partial charge in [-0.1, -0.05) is 0 Å². The number of nitrogens with one attached hydrogen (secondary N) is 1. The molecular formula is C20H28FN3O5. The van der Waals surface area contributed by atoms with Gasteiger partial charge in [0.15, 0.2) is 0 Å². The maximum absolute atomic E-state index is 14.9. The number of halogens is 1. The maximum Gasteiger partial charge on any atom is 0.528 e. The molecule has 0 aliphatic carbocycles. The average Bonchev–Trinajstić information content (AvgIpc) is 2.78. The van der Waals surface area contributed by atoms with E-state index >= 15 is 0 Å². The number of benzene rings is 1. The summed E-state index contributed by atoms with van der Waals surface area (Å²) in [6, 6.07) is 4.52. The van der Waals surface area contributed by atoms with E-state index in [2.05, 4.69) is 5.32 Å². The van der Waals surface area contributed by atoms with Crippen molar-refractivity contribution in [2.45, 2.75) is 51.4 Å². The molecule has 0 saturated carbocycles. The largest absolute Gasteiger partial charge is 0.528 e. The van der Waals surface area contributed by atoms with Gasteiger partial charge < -0.3 is 24.5 Å². The predicted octanol–water partition coefficient (Wildman–Crippen LogP) is 3.36. The van der Waals surface area contributed by atoms with Gasteiger partial charge >= 0.3 is 12.2 Å². The third-order valence-electron chi connectivity index (χ3n) is 4.90. The Balaban J connectivity index is 1.60. The lowest BCUT2D eigenvalue weighted by Gasteiger charge is -2.39. The summed E-state index contributed by atoms with van der Waals surface area (Å²) in [5.41, 5.74) is 0.965. The van der Waals surface area contributed by atoms with E-state index in [4.69, 9.17) is 14.3 Å². The zero-order chi connectivity index (χ0) is 21.2. The fourth-order valence-corrected chi connectivity index (χ4v) is 3.54. The van der Waals surface area contributed by atoms with Crippen molar-refractivity contribution in [1.82, 2.24) is 9.96 Å². The lowest BCUT2D eigenvalue weighted by Crippen LogP contribution is -2.55. The van der Waals surface area contributed by atoms with Gasteiger partial charge in [0.05, 0.1) is 19.7 Å². The number of alkyl halides is 1. The SMILES string of the molecule is COc1ccc2c(c1)CCN(C1CCN(OC(=O)OC(C)(C)C)CC1F)C(=O)N2. The highest BCUT2D eigenvalue weighted by molar-refractivity contribution is 5.91. The van der Waals surface area contributed by atoms with Crippen molar-refractivity contribution in [3.05, 3.63) is 23.8 Å².